The van der Waals surface area contributed by atoms with Gasteiger partial charge in [0.25, 0.3) is 0 Å². The zero-order valence-electron chi connectivity index (χ0n) is 13.4. The second kappa shape index (κ2) is 6.25. The molecule has 0 spiro atoms. The highest BCUT2D eigenvalue weighted by molar-refractivity contribution is 6.07. The molecule has 0 aliphatic heterocycles. The van der Waals surface area contributed by atoms with Crippen LogP contribution in [0.2, 0.25) is 0 Å². The summed E-state index contributed by atoms with van der Waals surface area (Å²) < 4.78 is 10.5. The maximum atomic E-state index is 12.6. The Morgan fingerprint density at radius 2 is 2.16 bits per heavy atom. The number of nitriles is 1. The van der Waals surface area contributed by atoms with E-state index in [-0.39, 0.29) is 6.61 Å². The fourth-order valence-corrected chi connectivity index (χ4v) is 3.23. The van der Waals surface area contributed by atoms with Crippen molar-refractivity contribution in [3.8, 4) is 6.07 Å². The van der Waals surface area contributed by atoms with Gasteiger partial charge in [-0.1, -0.05) is 18.2 Å². The highest BCUT2D eigenvalue weighted by Crippen LogP contribution is 2.37. The number of carbonyl (C=O) groups is 1. The number of fused-ring (bicyclic) bond motifs is 2. The lowest BCUT2D eigenvalue weighted by Crippen LogP contribution is -2.10. The van der Waals surface area contributed by atoms with Crippen LogP contribution in [-0.4, -0.2) is 17.6 Å². The molecule has 4 rings (SSSR count). The molecule has 0 saturated carbocycles. The summed E-state index contributed by atoms with van der Waals surface area (Å²) >= 11 is 0. The van der Waals surface area contributed by atoms with E-state index in [1.807, 2.05) is 48.5 Å². The van der Waals surface area contributed by atoms with E-state index in [2.05, 4.69) is 0 Å². The van der Waals surface area contributed by atoms with Gasteiger partial charge in [0.1, 0.15) is 11.8 Å². The molecule has 2 heterocycles. The maximum Gasteiger partial charge on any atom is 0.340 e. The van der Waals surface area contributed by atoms with E-state index in [0.717, 1.165) is 39.9 Å². The summed E-state index contributed by atoms with van der Waals surface area (Å²) in [6.07, 6.45) is 5.06. The zero-order chi connectivity index (χ0) is 17.2. The number of carbonyl (C=O) groups excluding carboxylic acids is 1. The Labute approximate surface area is 144 Å². The summed E-state index contributed by atoms with van der Waals surface area (Å²) in [5.41, 5.74) is 3.96. The SMILES string of the molecule is N#CCOC(=O)c1c2c(nc3ccccc13)C(=Cc1ccco1)CC2. The average molecular weight is 330 g/mol. The summed E-state index contributed by atoms with van der Waals surface area (Å²) in [5, 5.41) is 9.45. The van der Waals surface area contributed by atoms with Crippen LogP contribution in [0, 0.1) is 11.3 Å². The van der Waals surface area contributed by atoms with Crippen LogP contribution in [0.5, 0.6) is 0 Å². The molecule has 5 heteroatoms. The molecule has 0 amide bonds. The number of nitrogens with zero attached hydrogens (tertiary/aromatic N) is 2. The summed E-state index contributed by atoms with van der Waals surface area (Å²) in [6.45, 7) is -0.265. The van der Waals surface area contributed by atoms with E-state index in [1.165, 1.54) is 0 Å². The molecule has 0 bridgehead atoms. The molecule has 0 atom stereocenters. The van der Waals surface area contributed by atoms with Gasteiger partial charge in [0, 0.05) is 5.39 Å². The van der Waals surface area contributed by atoms with Gasteiger partial charge in [0.2, 0.25) is 0 Å². The number of rotatable bonds is 3. The van der Waals surface area contributed by atoms with Crippen LogP contribution < -0.4 is 0 Å². The van der Waals surface area contributed by atoms with Crippen molar-refractivity contribution in [2.24, 2.45) is 0 Å². The Morgan fingerprint density at radius 1 is 1.28 bits per heavy atom. The first kappa shape index (κ1) is 15.2. The Morgan fingerprint density at radius 3 is 2.96 bits per heavy atom. The molecule has 5 nitrogen and oxygen atoms in total. The van der Waals surface area contributed by atoms with Crippen molar-refractivity contribution in [2.45, 2.75) is 12.8 Å². The van der Waals surface area contributed by atoms with Gasteiger partial charge in [-0.05, 0) is 48.3 Å². The highest BCUT2D eigenvalue weighted by Gasteiger charge is 2.27. The number of pyridine rings is 1. The van der Waals surface area contributed by atoms with Crippen LogP contribution in [0.25, 0.3) is 22.6 Å². The molecule has 0 radical (unpaired) electrons. The second-order valence-corrected chi connectivity index (χ2v) is 5.75. The largest absolute Gasteiger partial charge is 0.465 e. The van der Waals surface area contributed by atoms with Crippen LogP contribution >= 0.6 is 0 Å². The van der Waals surface area contributed by atoms with Crippen molar-refractivity contribution < 1.29 is 13.9 Å². The minimum absolute atomic E-state index is 0.265. The minimum Gasteiger partial charge on any atom is -0.465 e. The van der Waals surface area contributed by atoms with E-state index in [0.29, 0.717) is 12.0 Å². The number of esters is 1. The predicted molar refractivity (Wildman–Crippen MR) is 92.5 cm³/mol. The molecular formula is C20H14N2O3. The minimum atomic E-state index is -0.476. The van der Waals surface area contributed by atoms with E-state index in [9.17, 15) is 4.79 Å². The topological polar surface area (TPSA) is 76.1 Å². The molecule has 1 aromatic carbocycles. The molecule has 2 aromatic heterocycles. The van der Waals surface area contributed by atoms with Gasteiger partial charge in [-0.25, -0.2) is 9.78 Å². The normalized spacial score (nSPS) is 14.4. The number of furan rings is 1. The third kappa shape index (κ3) is 2.68. The average Bonchev–Trinajstić information content (AvgIpc) is 3.28. The number of hydrogen-bond donors (Lipinski definition) is 0. The Kier molecular flexibility index (Phi) is 3.79. The Balaban J connectivity index is 1.90. The zero-order valence-corrected chi connectivity index (χ0v) is 13.4. The number of benzene rings is 1. The van der Waals surface area contributed by atoms with Crippen molar-refractivity contribution in [1.29, 1.82) is 5.26 Å². The summed E-state index contributed by atoms with van der Waals surface area (Å²) in [6, 6.07) is 13.0. The third-order valence-corrected chi connectivity index (χ3v) is 4.27. The summed E-state index contributed by atoms with van der Waals surface area (Å²) in [4.78, 5) is 17.3. The van der Waals surface area contributed by atoms with E-state index >= 15 is 0 Å². The number of para-hydroxylation sites is 1. The monoisotopic (exact) mass is 330 g/mol. The van der Waals surface area contributed by atoms with Gasteiger partial charge in [0.05, 0.1) is 23.0 Å². The molecule has 0 N–H and O–H groups in total. The predicted octanol–water partition coefficient (Wildman–Crippen LogP) is 3.99. The number of allylic oxidation sites excluding steroid dienone is 1. The van der Waals surface area contributed by atoms with Gasteiger partial charge in [-0.3, -0.25) is 0 Å². The lowest BCUT2D eigenvalue weighted by molar-refractivity contribution is 0.0556. The molecule has 25 heavy (non-hydrogen) atoms. The fourth-order valence-electron chi connectivity index (χ4n) is 3.23. The number of aromatic nitrogens is 1. The van der Waals surface area contributed by atoms with Gasteiger partial charge in [0.15, 0.2) is 6.61 Å². The molecule has 122 valence electrons. The Hall–Kier alpha value is -3.39. The second-order valence-electron chi connectivity index (χ2n) is 5.75. The molecule has 1 aliphatic carbocycles. The van der Waals surface area contributed by atoms with Gasteiger partial charge in [-0.2, -0.15) is 5.26 Å². The van der Waals surface area contributed by atoms with Gasteiger partial charge in [-0.15, -0.1) is 0 Å². The summed E-state index contributed by atoms with van der Waals surface area (Å²) in [5.74, 6) is 0.280. The van der Waals surface area contributed by atoms with E-state index < -0.39 is 5.97 Å². The van der Waals surface area contributed by atoms with Crippen molar-refractivity contribution in [3.05, 3.63) is 65.2 Å². The van der Waals surface area contributed by atoms with Crippen LogP contribution in [0.4, 0.5) is 0 Å². The van der Waals surface area contributed by atoms with Crippen LogP contribution in [0.15, 0.2) is 47.1 Å². The molecule has 3 aromatic rings. The smallest absolute Gasteiger partial charge is 0.340 e. The fraction of sp³-hybridized carbons (Fsp3) is 0.150. The molecule has 1 aliphatic rings. The van der Waals surface area contributed by atoms with Gasteiger partial charge >= 0.3 is 5.97 Å². The van der Waals surface area contributed by atoms with Crippen LogP contribution in [0.1, 0.15) is 33.8 Å². The molecule has 0 unspecified atom stereocenters. The lowest BCUT2D eigenvalue weighted by atomic mass is 10.0. The first-order chi connectivity index (χ1) is 12.3. The van der Waals surface area contributed by atoms with Crippen molar-refractivity contribution in [2.75, 3.05) is 6.61 Å². The maximum absolute atomic E-state index is 12.6. The number of hydrogen-bond acceptors (Lipinski definition) is 5. The van der Waals surface area contributed by atoms with Crippen LogP contribution in [0.3, 0.4) is 0 Å². The standard InChI is InChI=1S/C20H14N2O3/c21-9-11-25-20(23)18-15-5-1-2-6-17(15)22-19-13(7-8-16(18)19)12-14-4-3-10-24-14/h1-6,10,12H,7-8,11H2. The molecular weight excluding hydrogens is 316 g/mol. The van der Waals surface area contributed by atoms with Crippen molar-refractivity contribution in [1.82, 2.24) is 4.98 Å². The number of ether oxygens (including phenoxy) is 1. The first-order valence-corrected chi connectivity index (χ1v) is 7.98. The molecule has 0 fully saturated rings. The Bertz CT molecular complexity index is 1030. The van der Waals surface area contributed by atoms with Gasteiger partial charge < -0.3 is 9.15 Å². The first-order valence-electron chi connectivity index (χ1n) is 7.98. The lowest BCUT2D eigenvalue weighted by Gasteiger charge is -2.11. The van der Waals surface area contributed by atoms with Crippen molar-refractivity contribution in [3.63, 3.8) is 0 Å². The molecule has 0 saturated heterocycles. The van der Waals surface area contributed by atoms with E-state index in [4.69, 9.17) is 19.4 Å². The highest BCUT2D eigenvalue weighted by atomic mass is 16.5. The van der Waals surface area contributed by atoms with Crippen molar-refractivity contribution >= 4 is 28.5 Å². The van der Waals surface area contributed by atoms with E-state index in [1.54, 1.807) is 6.26 Å². The van der Waals surface area contributed by atoms with Crippen LogP contribution in [-0.2, 0) is 11.2 Å². The quantitative estimate of drug-likeness (QED) is 0.679. The summed E-state index contributed by atoms with van der Waals surface area (Å²) in [7, 11) is 0. The third-order valence-electron chi connectivity index (χ3n) is 4.27.